The van der Waals surface area contributed by atoms with Gasteiger partial charge in [-0.3, -0.25) is 9.67 Å². The largest absolute Gasteiger partial charge is 0.486 e. The smallest absolute Gasteiger partial charge is 0.138 e. The van der Waals surface area contributed by atoms with E-state index in [1.807, 2.05) is 16.8 Å². The van der Waals surface area contributed by atoms with Crippen LogP contribution in [0.2, 0.25) is 0 Å². The topological polar surface area (TPSA) is 66.0 Å². The molecular weight excluding hydrogens is 320 g/mol. The zero-order valence-electron chi connectivity index (χ0n) is 11.8. The van der Waals surface area contributed by atoms with Crippen LogP contribution >= 0.6 is 15.9 Å². The predicted octanol–water partition coefficient (Wildman–Crippen LogP) is 2.66. The molecule has 108 valence electrons. The fourth-order valence-corrected chi connectivity index (χ4v) is 2.60. The van der Waals surface area contributed by atoms with E-state index in [9.17, 15) is 0 Å². The molecule has 0 aliphatic rings. The minimum atomic E-state index is 0.439. The molecule has 5 nitrogen and oxygen atoms in total. The number of pyridine rings is 1. The van der Waals surface area contributed by atoms with Gasteiger partial charge in [0.15, 0.2) is 0 Å². The highest BCUT2D eigenvalue weighted by molar-refractivity contribution is 9.10. The first-order valence-electron chi connectivity index (χ1n) is 6.71. The minimum Gasteiger partial charge on any atom is -0.486 e. The number of nitrogens with zero attached hydrogens (tertiary/aromatic N) is 3. The summed E-state index contributed by atoms with van der Waals surface area (Å²) in [5, 5.41) is 4.54. The van der Waals surface area contributed by atoms with Gasteiger partial charge < -0.3 is 10.5 Å². The summed E-state index contributed by atoms with van der Waals surface area (Å²) in [7, 11) is 0. The molecule has 2 aromatic heterocycles. The van der Waals surface area contributed by atoms with Crippen LogP contribution in [0.3, 0.4) is 0 Å². The van der Waals surface area contributed by atoms with Gasteiger partial charge in [0, 0.05) is 13.1 Å². The molecule has 0 amide bonds. The quantitative estimate of drug-likeness (QED) is 0.879. The van der Waals surface area contributed by atoms with E-state index in [0.29, 0.717) is 13.2 Å². The van der Waals surface area contributed by atoms with Crippen molar-refractivity contribution in [3.05, 3.63) is 39.9 Å². The molecule has 20 heavy (non-hydrogen) atoms. The highest BCUT2D eigenvalue weighted by atomic mass is 79.9. The molecule has 0 radical (unpaired) electrons. The standard InChI is InChI=1S/C14H19BrN4O/c1-3-12-14(15)13(19(4-2)18-12)9-20-11-6-5-10(7-16)17-8-11/h5-6,8H,3-4,7,9,16H2,1-2H3. The fraction of sp³-hybridized carbons (Fsp3) is 0.429. The van der Waals surface area contributed by atoms with Gasteiger partial charge in [-0.25, -0.2) is 0 Å². The molecule has 2 aromatic rings. The molecule has 2 heterocycles. The summed E-state index contributed by atoms with van der Waals surface area (Å²) >= 11 is 3.60. The average Bonchev–Trinajstić information content (AvgIpc) is 2.81. The Morgan fingerprint density at radius 3 is 2.70 bits per heavy atom. The van der Waals surface area contributed by atoms with Crippen molar-refractivity contribution in [1.82, 2.24) is 14.8 Å². The highest BCUT2D eigenvalue weighted by Gasteiger charge is 2.14. The first-order chi connectivity index (χ1) is 9.69. The van der Waals surface area contributed by atoms with E-state index in [2.05, 4.69) is 39.9 Å². The van der Waals surface area contributed by atoms with Crippen molar-refractivity contribution >= 4 is 15.9 Å². The predicted molar refractivity (Wildman–Crippen MR) is 81.4 cm³/mol. The van der Waals surface area contributed by atoms with Gasteiger partial charge >= 0.3 is 0 Å². The number of halogens is 1. The molecule has 0 atom stereocenters. The van der Waals surface area contributed by atoms with Crippen molar-refractivity contribution in [2.75, 3.05) is 0 Å². The summed E-state index contributed by atoms with van der Waals surface area (Å²) < 4.78 is 8.78. The molecule has 0 fully saturated rings. The summed E-state index contributed by atoms with van der Waals surface area (Å²) in [6.45, 7) is 5.88. The maximum Gasteiger partial charge on any atom is 0.138 e. The van der Waals surface area contributed by atoms with Crippen LogP contribution in [-0.2, 0) is 26.1 Å². The van der Waals surface area contributed by atoms with Crippen molar-refractivity contribution in [2.24, 2.45) is 5.73 Å². The molecule has 0 spiro atoms. The van der Waals surface area contributed by atoms with E-state index in [1.165, 1.54) is 0 Å². The number of nitrogens with two attached hydrogens (primary N) is 1. The van der Waals surface area contributed by atoms with Crippen LogP contribution in [0.25, 0.3) is 0 Å². The average molecular weight is 339 g/mol. The molecule has 0 saturated heterocycles. The van der Waals surface area contributed by atoms with Gasteiger partial charge in [-0.1, -0.05) is 6.92 Å². The van der Waals surface area contributed by atoms with Gasteiger partial charge in [0.2, 0.25) is 0 Å². The monoisotopic (exact) mass is 338 g/mol. The molecular formula is C14H19BrN4O. The Morgan fingerprint density at radius 1 is 1.35 bits per heavy atom. The Labute approximate surface area is 127 Å². The van der Waals surface area contributed by atoms with Gasteiger partial charge in [-0.05, 0) is 41.4 Å². The second-order valence-corrected chi connectivity index (χ2v) is 5.15. The molecule has 2 N–H and O–H groups in total. The number of ether oxygens (including phenoxy) is 1. The van der Waals surface area contributed by atoms with Crippen LogP contribution in [0.5, 0.6) is 5.75 Å². The van der Waals surface area contributed by atoms with E-state index in [1.54, 1.807) is 6.20 Å². The van der Waals surface area contributed by atoms with E-state index < -0.39 is 0 Å². The Bertz CT molecular complexity index is 565. The summed E-state index contributed by atoms with van der Waals surface area (Å²) in [5.74, 6) is 0.732. The lowest BCUT2D eigenvalue weighted by Gasteiger charge is -2.08. The zero-order chi connectivity index (χ0) is 14.5. The van der Waals surface area contributed by atoms with Crippen molar-refractivity contribution < 1.29 is 4.74 Å². The number of hydrogen-bond donors (Lipinski definition) is 1. The Balaban J connectivity index is 2.11. The van der Waals surface area contributed by atoms with Crippen molar-refractivity contribution in [1.29, 1.82) is 0 Å². The second kappa shape index (κ2) is 6.85. The highest BCUT2D eigenvalue weighted by Crippen LogP contribution is 2.23. The third-order valence-corrected chi connectivity index (χ3v) is 3.99. The number of aromatic nitrogens is 3. The summed E-state index contributed by atoms with van der Waals surface area (Å²) in [5.41, 5.74) is 8.48. The fourth-order valence-electron chi connectivity index (χ4n) is 1.92. The van der Waals surface area contributed by atoms with E-state index in [0.717, 1.165) is 40.3 Å². The molecule has 0 saturated carbocycles. The molecule has 0 bridgehead atoms. The van der Waals surface area contributed by atoms with Gasteiger partial charge in [0.05, 0.1) is 27.8 Å². The SMILES string of the molecule is CCc1nn(CC)c(COc2ccc(CN)nc2)c1Br. The van der Waals surface area contributed by atoms with Crippen LogP contribution < -0.4 is 10.5 Å². The first kappa shape index (κ1) is 15.0. The molecule has 2 rings (SSSR count). The summed E-state index contributed by atoms with van der Waals surface area (Å²) in [6.07, 6.45) is 2.59. The number of rotatable bonds is 6. The van der Waals surface area contributed by atoms with Crippen molar-refractivity contribution in [2.45, 2.75) is 40.0 Å². The summed E-state index contributed by atoms with van der Waals surface area (Å²) in [4.78, 5) is 4.21. The zero-order valence-corrected chi connectivity index (χ0v) is 13.4. The Kier molecular flexibility index (Phi) is 5.14. The van der Waals surface area contributed by atoms with E-state index >= 15 is 0 Å². The van der Waals surface area contributed by atoms with Crippen LogP contribution in [0.4, 0.5) is 0 Å². The van der Waals surface area contributed by atoms with Crippen molar-refractivity contribution in [3.63, 3.8) is 0 Å². The third kappa shape index (κ3) is 3.19. The summed E-state index contributed by atoms with van der Waals surface area (Å²) in [6, 6.07) is 3.76. The van der Waals surface area contributed by atoms with Crippen LogP contribution in [0, 0.1) is 0 Å². The number of aryl methyl sites for hydroxylation is 2. The van der Waals surface area contributed by atoms with Crippen molar-refractivity contribution in [3.8, 4) is 5.75 Å². The van der Waals surface area contributed by atoms with Gasteiger partial charge in [0.1, 0.15) is 12.4 Å². The lowest BCUT2D eigenvalue weighted by molar-refractivity contribution is 0.290. The van der Waals surface area contributed by atoms with Gasteiger partial charge in [0.25, 0.3) is 0 Å². The maximum atomic E-state index is 5.78. The second-order valence-electron chi connectivity index (χ2n) is 4.35. The molecule has 6 heteroatoms. The maximum absolute atomic E-state index is 5.78. The Hall–Kier alpha value is -1.40. The normalized spacial score (nSPS) is 10.8. The van der Waals surface area contributed by atoms with E-state index in [-0.39, 0.29) is 0 Å². The van der Waals surface area contributed by atoms with Gasteiger partial charge in [-0.15, -0.1) is 0 Å². The van der Waals surface area contributed by atoms with Crippen LogP contribution in [0.1, 0.15) is 30.9 Å². The lowest BCUT2D eigenvalue weighted by atomic mass is 10.3. The van der Waals surface area contributed by atoms with E-state index in [4.69, 9.17) is 10.5 Å². The van der Waals surface area contributed by atoms with Crippen LogP contribution in [-0.4, -0.2) is 14.8 Å². The third-order valence-electron chi connectivity index (χ3n) is 3.08. The van der Waals surface area contributed by atoms with Crippen LogP contribution in [0.15, 0.2) is 22.8 Å². The molecule has 0 aliphatic heterocycles. The lowest BCUT2D eigenvalue weighted by Crippen LogP contribution is -2.07. The Morgan fingerprint density at radius 2 is 2.15 bits per heavy atom. The molecule has 0 aromatic carbocycles. The number of hydrogen-bond acceptors (Lipinski definition) is 4. The van der Waals surface area contributed by atoms with Gasteiger partial charge in [-0.2, -0.15) is 5.10 Å². The molecule has 0 aliphatic carbocycles. The molecule has 0 unspecified atom stereocenters. The first-order valence-corrected chi connectivity index (χ1v) is 7.50. The minimum absolute atomic E-state index is 0.439.